The van der Waals surface area contributed by atoms with Crippen LogP contribution in [0, 0.1) is 0 Å². The molecule has 0 unspecified atom stereocenters. The lowest BCUT2D eigenvalue weighted by atomic mass is 10.1. The van der Waals surface area contributed by atoms with E-state index in [1.54, 1.807) is 23.0 Å². The van der Waals surface area contributed by atoms with Crippen LogP contribution in [0.4, 0.5) is 0 Å². The second kappa shape index (κ2) is 6.60. The van der Waals surface area contributed by atoms with E-state index in [9.17, 15) is 4.79 Å². The first kappa shape index (κ1) is 16.2. The molecule has 0 saturated carbocycles. The number of thioether (sulfide) groups is 1. The van der Waals surface area contributed by atoms with Crippen LogP contribution in [0.15, 0.2) is 64.1 Å². The Hall–Kier alpha value is -3.04. The van der Waals surface area contributed by atoms with Gasteiger partial charge in [-0.2, -0.15) is 4.98 Å². The topological polar surface area (TPSA) is 88.8 Å². The van der Waals surface area contributed by atoms with Gasteiger partial charge < -0.3 is 4.98 Å². The molecule has 0 atom stereocenters. The van der Waals surface area contributed by atoms with Crippen molar-refractivity contribution in [3.63, 3.8) is 0 Å². The fourth-order valence-electron chi connectivity index (χ4n) is 2.80. The first-order chi connectivity index (χ1) is 13.3. The van der Waals surface area contributed by atoms with Crippen LogP contribution in [-0.4, -0.2) is 29.5 Å². The number of nitrogens with zero attached hydrogens (tertiary/aromatic N) is 5. The Balaban J connectivity index is 1.45. The molecule has 1 aromatic carbocycles. The lowest BCUT2D eigenvalue weighted by Gasteiger charge is -2.01. The summed E-state index contributed by atoms with van der Waals surface area (Å²) in [5, 5.41) is 7.55. The number of nitrogens with one attached hydrogen (secondary N) is 1. The van der Waals surface area contributed by atoms with Crippen LogP contribution < -0.4 is 5.56 Å². The molecule has 4 aromatic heterocycles. The number of aromatic amines is 1. The lowest BCUT2D eigenvalue weighted by molar-refractivity contribution is 0.878. The summed E-state index contributed by atoms with van der Waals surface area (Å²) in [4.78, 5) is 29.4. The summed E-state index contributed by atoms with van der Waals surface area (Å²) < 4.78 is 1.62. The molecule has 0 aliphatic heterocycles. The summed E-state index contributed by atoms with van der Waals surface area (Å²) >= 11 is 2.89. The summed E-state index contributed by atoms with van der Waals surface area (Å²) in [6.07, 6.45) is 3.47. The van der Waals surface area contributed by atoms with E-state index >= 15 is 0 Å². The van der Waals surface area contributed by atoms with E-state index in [-0.39, 0.29) is 5.56 Å². The highest BCUT2D eigenvalue weighted by atomic mass is 32.2. The van der Waals surface area contributed by atoms with Crippen molar-refractivity contribution in [3.05, 3.63) is 70.4 Å². The second-order valence-corrected chi connectivity index (χ2v) is 7.56. The molecule has 27 heavy (non-hydrogen) atoms. The minimum atomic E-state index is -0.125. The number of fused-ring (bicyclic) bond motifs is 2. The van der Waals surface area contributed by atoms with Gasteiger partial charge in [0.25, 0.3) is 11.3 Å². The molecule has 0 aliphatic carbocycles. The first-order valence-electron chi connectivity index (χ1n) is 8.14. The van der Waals surface area contributed by atoms with Gasteiger partial charge in [-0.1, -0.05) is 42.1 Å². The summed E-state index contributed by atoms with van der Waals surface area (Å²) in [5.74, 6) is 1.62. The SMILES string of the molecule is O=c1[nH]c(CSc2nc3ncccn3n2)nc2scc(-c3ccccc3)c12. The van der Waals surface area contributed by atoms with Crippen LogP contribution in [0.25, 0.3) is 27.1 Å². The maximum absolute atomic E-state index is 12.7. The van der Waals surface area contributed by atoms with Gasteiger partial charge in [0.2, 0.25) is 5.16 Å². The molecule has 132 valence electrons. The average Bonchev–Trinajstić information content (AvgIpc) is 3.31. The number of benzene rings is 1. The molecule has 4 heterocycles. The van der Waals surface area contributed by atoms with Gasteiger partial charge in [0.05, 0.1) is 11.1 Å². The minimum absolute atomic E-state index is 0.125. The Kier molecular flexibility index (Phi) is 3.95. The van der Waals surface area contributed by atoms with Gasteiger partial charge in [0.1, 0.15) is 10.7 Å². The van der Waals surface area contributed by atoms with Crippen molar-refractivity contribution in [2.75, 3.05) is 0 Å². The third kappa shape index (κ3) is 3.00. The average molecular weight is 392 g/mol. The van der Waals surface area contributed by atoms with Crippen molar-refractivity contribution in [1.29, 1.82) is 0 Å². The molecule has 0 aliphatic rings. The van der Waals surface area contributed by atoms with E-state index < -0.39 is 0 Å². The Morgan fingerprint density at radius 1 is 1.15 bits per heavy atom. The fraction of sp³-hybridized carbons (Fsp3) is 0.0556. The van der Waals surface area contributed by atoms with Crippen molar-refractivity contribution < 1.29 is 0 Å². The van der Waals surface area contributed by atoms with Crippen LogP contribution in [-0.2, 0) is 5.75 Å². The normalized spacial score (nSPS) is 11.4. The molecule has 0 saturated heterocycles. The molecule has 7 nitrogen and oxygen atoms in total. The quantitative estimate of drug-likeness (QED) is 0.472. The lowest BCUT2D eigenvalue weighted by Crippen LogP contribution is -2.10. The van der Waals surface area contributed by atoms with Crippen LogP contribution in [0.3, 0.4) is 0 Å². The number of rotatable bonds is 4. The number of aromatic nitrogens is 6. The highest BCUT2D eigenvalue weighted by molar-refractivity contribution is 7.98. The fourth-order valence-corrected chi connectivity index (χ4v) is 4.46. The first-order valence-corrected chi connectivity index (χ1v) is 10.0. The molecular weight excluding hydrogens is 380 g/mol. The second-order valence-electron chi connectivity index (χ2n) is 5.76. The third-order valence-corrected chi connectivity index (χ3v) is 5.73. The smallest absolute Gasteiger partial charge is 0.260 e. The van der Waals surface area contributed by atoms with Gasteiger partial charge in [-0.05, 0) is 11.6 Å². The zero-order chi connectivity index (χ0) is 18.2. The number of hydrogen-bond donors (Lipinski definition) is 1. The standard InChI is InChI=1S/C18H12N6OS2/c25-15-14-12(11-5-2-1-3-6-11)9-26-16(14)21-13(20-15)10-27-18-22-17-19-7-4-8-24(17)23-18/h1-9H,10H2,(H,20,21,25). The molecule has 0 bridgehead atoms. The van der Waals surface area contributed by atoms with Gasteiger partial charge >= 0.3 is 0 Å². The molecule has 0 radical (unpaired) electrons. The largest absolute Gasteiger partial charge is 0.309 e. The molecule has 5 rings (SSSR count). The highest BCUT2D eigenvalue weighted by Crippen LogP contribution is 2.30. The molecule has 5 aromatic rings. The summed E-state index contributed by atoms with van der Waals surface area (Å²) in [7, 11) is 0. The van der Waals surface area contributed by atoms with Crippen molar-refractivity contribution in [2.45, 2.75) is 10.9 Å². The summed E-state index contributed by atoms with van der Waals surface area (Å²) in [6.45, 7) is 0. The predicted octanol–water partition coefficient (Wildman–Crippen LogP) is 3.38. The Bertz CT molecular complexity index is 1270. The summed E-state index contributed by atoms with van der Waals surface area (Å²) in [5.41, 5.74) is 1.80. The minimum Gasteiger partial charge on any atom is -0.309 e. The van der Waals surface area contributed by atoms with Crippen LogP contribution >= 0.6 is 23.1 Å². The van der Waals surface area contributed by atoms with E-state index in [1.165, 1.54) is 23.1 Å². The van der Waals surface area contributed by atoms with Crippen LogP contribution in [0.1, 0.15) is 5.82 Å². The molecule has 0 fully saturated rings. The van der Waals surface area contributed by atoms with Gasteiger partial charge in [0.15, 0.2) is 0 Å². The number of thiophene rings is 1. The zero-order valence-electron chi connectivity index (χ0n) is 13.9. The van der Waals surface area contributed by atoms with Crippen molar-refractivity contribution >= 4 is 39.1 Å². The maximum Gasteiger partial charge on any atom is 0.260 e. The van der Waals surface area contributed by atoms with Crippen LogP contribution in [0.5, 0.6) is 0 Å². The van der Waals surface area contributed by atoms with E-state index in [4.69, 9.17) is 0 Å². The Labute approximate surface area is 161 Å². The Morgan fingerprint density at radius 2 is 2.04 bits per heavy atom. The maximum atomic E-state index is 12.7. The van der Waals surface area contributed by atoms with E-state index in [0.29, 0.717) is 27.9 Å². The zero-order valence-corrected chi connectivity index (χ0v) is 15.5. The van der Waals surface area contributed by atoms with E-state index in [2.05, 4.69) is 25.0 Å². The van der Waals surface area contributed by atoms with Gasteiger partial charge in [-0.25, -0.2) is 14.5 Å². The Morgan fingerprint density at radius 3 is 2.89 bits per heavy atom. The van der Waals surface area contributed by atoms with Crippen molar-refractivity contribution in [3.8, 4) is 11.1 Å². The van der Waals surface area contributed by atoms with Gasteiger partial charge in [0, 0.05) is 23.3 Å². The van der Waals surface area contributed by atoms with Gasteiger partial charge in [-0.15, -0.1) is 16.4 Å². The van der Waals surface area contributed by atoms with Gasteiger partial charge in [-0.3, -0.25) is 4.79 Å². The van der Waals surface area contributed by atoms with Crippen molar-refractivity contribution in [2.24, 2.45) is 0 Å². The van der Waals surface area contributed by atoms with Crippen molar-refractivity contribution in [1.82, 2.24) is 29.5 Å². The monoisotopic (exact) mass is 392 g/mol. The summed E-state index contributed by atoms with van der Waals surface area (Å²) in [6, 6.07) is 11.7. The molecule has 0 amide bonds. The molecule has 1 N–H and O–H groups in total. The van der Waals surface area contributed by atoms with E-state index in [0.717, 1.165) is 16.0 Å². The van der Waals surface area contributed by atoms with E-state index in [1.807, 2.05) is 35.7 Å². The molecular formula is C18H12N6OS2. The highest BCUT2D eigenvalue weighted by Gasteiger charge is 2.13. The third-order valence-electron chi connectivity index (χ3n) is 4.01. The molecule has 9 heteroatoms. The van der Waals surface area contributed by atoms with Crippen LogP contribution in [0.2, 0.25) is 0 Å². The number of H-pyrrole nitrogens is 1. The predicted molar refractivity (Wildman–Crippen MR) is 106 cm³/mol. The number of hydrogen-bond acceptors (Lipinski definition) is 7. The molecule has 0 spiro atoms.